The van der Waals surface area contributed by atoms with Crippen LogP contribution in [0.5, 0.6) is 0 Å². The fourth-order valence-corrected chi connectivity index (χ4v) is 1.39. The summed E-state index contributed by atoms with van der Waals surface area (Å²) in [6.45, 7) is -0.597. The minimum atomic E-state index is -5.01. The van der Waals surface area contributed by atoms with E-state index in [1.54, 1.807) is 0 Å². The molecule has 3 nitrogen and oxygen atoms in total. The summed E-state index contributed by atoms with van der Waals surface area (Å²) >= 11 is 0. The van der Waals surface area contributed by atoms with Crippen molar-refractivity contribution < 1.29 is 26.7 Å². The SMILES string of the molecule is NCc1cnc(C=O)c(C(F)F)c1C(F)(F)F. The van der Waals surface area contributed by atoms with Gasteiger partial charge in [0, 0.05) is 12.7 Å². The molecule has 0 fully saturated rings. The van der Waals surface area contributed by atoms with E-state index >= 15 is 0 Å². The van der Waals surface area contributed by atoms with Crippen LogP contribution in [0.15, 0.2) is 6.20 Å². The molecule has 0 aliphatic carbocycles. The van der Waals surface area contributed by atoms with Crippen molar-refractivity contribution in [1.29, 1.82) is 0 Å². The first-order chi connectivity index (χ1) is 7.82. The summed E-state index contributed by atoms with van der Waals surface area (Å²) in [5.74, 6) is 0. The van der Waals surface area contributed by atoms with Crippen LogP contribution in [0.25, 0.3) is 0 Å². The second-order valence-electron chi connectivity index (χ2n) is 3.08. The van der Waals surface area contributed by atoms with Crippen molar-refractivity contribution in [3.05, 3.63) is 28.6 Å². The van der Waals surface area contributed by atoms with E-state index in [1.165, 1.54) is 0 Å². The molecule has 0 atom stereocenters. The standard InChI is InChI=1S/C9H7F5N2O/c10-8(11)6-5(3-17)16-2-4(1-15)7(6)9(12,13)14/h2-3,8H,1,15H2. The number of nitrogens with two attached hydrogens (primary N) is 1. The molecule has 0 saturated carbocycles. The Bertz CT molecular complexity index is 430. The summed E-state index contributed by atoms with van der Waals surface area (Å²) in [6.07, 6.45) is -7.93. The third-order valence-electron chi connectivity index (χ3n) is 2.06. The van der Waals surface area contributed by atoms with Gasteiger partial charge in [0.05, 0.1) is 11.1 Å². The van der Waals surface area contributed by atoms with Gasteiger partial charge in [0.25, 0.3) is 6.43 Å². The number of aromatic nitrogens is 1. The van der Waals surface area contributed by atoms with Gasteiger partial charge in [-0.05, 0) is 5.56 Å². The Morgan fingerprint density at radius 1 is 1.41 bits per heavy atom. The fraction of sp³-hybridized carbons (Fsp3) is 0.333. The molecule has 1 heterocycles. The van der Waals surface area contributed by atoms with Crippen molar-refractivity contribution in [1.82, 2.24) is 4.98 Å². The second-order valence-corrected chi connectivity index (χ2v) is 3.08. The summed E-state index contributed by atoms with van der Waals surface area (Å²) in [6, 6.07) is 0. The van der Waals surface area contributed by atoms with Gasteiger partial charge >= 0.3 is 6.18 Å². The van der Waals surface area contributed by atoms with Crippen LogP contribution in [0.1, 0.15) is 33.6 Å². The van der Waals surface area contributed by atoms with Crippen molar-refractivity contribution in [2.24, 2.45) is 5.73 Å². The van der Waals surface area contributed by atoms with Gasteiger partial charge in [0.15, 0.2) is 6.29 Å². The Labute approximate surface area is 92.4 Å². The molecule has 0 spiro atoms. The van der Waals surface area contributed by atoms with Crippen LogP contribution in [0.2, 0.25) is 0 Å². The largest absolute Gasteiger partial charge is 0.417 e. The number of carbonyl (C=O) groups excluding carboxylic acids is 1. The number of rotatable bonds is 3. The van der Waals surface area contributed by atoms with Gasteiger partial charge in [-0.25, -0.2) is 8.78 Å². The van der Waals surface area contributed by atoms with Gasteiger partial charge in [0.2, 0.25) is 0 Å². The number of hydrogen-bond acceptors (Lipinski definition) is 3. The van der Waals surface area contributed by atoms with Crippen LogP contribution < -0.4 is 5.73 Å². The average Bonchev–Trinajstić information content (AvgIpc) is 2.25. The molecule has 0 amide bonds. The Balaban J connectivity index is 3.65. The van der Waals surface area contributed by atoms with Crippen molar-refractivity contribution >= 4 is 6.29 Å². The molecule has 94 valence electrons. The van der Waals surface area contributed by atoms with E-state index < -0.39 is 41.5 Å². The van der Waals surface area contributed by atoms with Gasteiger partial charge in [-0.3, -0.25) is 9.78 Å². The fourth-order valence-electron chi connectivity index (χ4n) is 1.39. The van der Waals surface area contributed by atoms with Crippen molar-refractivity contribution in [3.8, 4) is 0 Å². The van der Waals surface area contributed by atoms with Crippen LogP contribution in [0.3, 0.4) is 0 Å². The maximum absolute atomic E-state index is 12.6. The number of hydrogen-bond donors (Lipinski definition) is 1. The van der Waals surface area contributed by atoms with Crippen molar-refractivity contribution in [3.63, 3.8) is 0 Å². The summed E-state index contributed by atoms with van der Waals surface area (Å²) in [4.78, 5) is 13.7. The molecule has 0 unspecified atom stereocenters. The van der Waals surface area contributed by atoms with Crippen molar-refractivity contribution in [2.45, 2.75) is 19.1 Å². The molecule has 2 N–H and O–H groups in total. The maximum Gasteiger partial charge on any atom is 0.417 e. The van der Waals surface area contributed by atoms with E-state index in [9.17, 15) is 26.7 Å². The van der Waals surface area contributed by atoms with Crippen LogP contribution in [-0.2, 0) is 12.7 Å². The molecule has 1 rings (SSSR count). The van der Waals surface area contributed by atoms with E-state index in [-0.39, 0.29) is 6.29 Å². The highest BCUT2D eigenvalue weighted by Gasteiger charge is 2.39. The summed E-state index contributed by atoms with van der Waals surface area (Å²) in [7, 11) is 0. The first-order valence-corrected chi connectivity index (χ1v) is 4.35. The van der Waals surface area contributed by atoms with E-state index in [0.717, 1.165) is 0 Å². The molecule has 0 aliphatic rings. The molecule has 8 heteroatoms. The van der Waals surface area contributed by atoms with Crippen LogP contribution in [0.4, 0.5) is 22.0 Å². The molecule has 0 radical (unpaired) electrons. The lowest BCUT2D eigenvalue weighted by atomic mass is 10.0. The summed E-state index contributed by atoms with van der Waals surface area (Å²) in [5, 5.41) is 0. The smallest absolute Gasteiger partial charge is 0.326 e. The third kappa shape index (κ3) is 2.57. The molecule has 0 bridgehead atoms. The molecular formula is C9H7F5N2O. The molecule has 0 saturated heterocycles. The van der Waals surface area contributed by atoms with Crippen LogP contribution >= 0.6 is 0 Å². The van der Waals surface area contributed by atoms with Gasteiger partial charge in [-0.15, -0.1) is 0 Å². The first-order valence-electron chi connectivity index (χ1n) is 4.35. The number of alkyl halides is 5. The number of aldehydes is 1. The molecule has 0 aliphatic heterocycles. The zero-order chi connectivity index (χ0) is 13.2. The Morgan fingerprint density at radius 2 is 2.00 bits per heavy atom. The minimum Gasteiger partial charge on any atom is -0.326 e. The number of pyridine rings is 1. The molecule has 0 aromatic carbocycles. The molecule has 1 aromatic rings. The van der Waals surface area contributed by atoms with Crippen molar-refractivity contribution in [2.75, 3.05) is 0 Å². The predicted octanol–water partition coefficient (Wildman–Crippen LogP) is 2.31. The van der Waals surface area contributed by atoms with Crippen LogP contribution in [-0.4, -0.2) is 11.3 Å². The predicted molar refractivity (Wildman–Crippen MR) is 47.5 cm³/mol. The monoisotopic (exact) mass is 254 g/mol. The summed E-state index contributed by atoms with van der Waals surface area (Å²) in [5.41, 5.74) is 0.540. The van der Waals surface area contributed by atoms with E-state index in [2.05, 4.69) is 4.98 Å². The van der Waals surface area contributed by atoms with E-state index in [4.69, 9.17) is 5.73 Å². The van der Waals surface area contributed by atoms with E-state index in [1.807, 2.05) is 0 Å². The van der Waals surface area contributed by atoms with Crippen LogP contribution in [0, 0.1) is 0 Å². The Kier molecular flexibility index (Phi) is 3.76. The molecule has 17 heavy (non-hydrogen) atoms. The quantitative estimate of drug-likeness (QED) is 0.665. The lowest BCUT2D eigenvalue weighted by Crippen LogP contribution is -2.18. The second kappa shape index (κ2) is 4.74. The average molecular weight is 254 g/mol. The Hall–Kier alpha value is -1.57. The highest BCUT2D eigenvalue weighted by Crippen LogP contribution is 2.39. The van der Waals surface area contributed by atoms with Gasteiger partial charge in [-0.2, -0.15) is 13.2 Å². The van der Waals surface area contributed by atoms with Gasteiger partial charge < -0.3 is 5.73 Å². The maximum atomic E-state index is 12.6. The minimum absolute atomic E-state index is 0.142. The van der Waals surface area contributed by atoms with Gasteiger partial charge in [0.1, 0.15) is 5.69 Å². The normalized spacial score (nSPS) is 11.9. The lowest BCUT2D eigenvalue weighted by molar-refractivity contribution is -0.140. The Morgan fingerprint density at radius 3 is 2.35 bits per heavy atom. The number of halogens is 5. The zero-order valence-electron chi connectivity index (χ0n) is 8.26. The number of carbonyl (C=O) groups is 1. The topological polar surface area (TPSA) is 56.0 Å². The highest BCUT2D eigenvalue weighted by molar-refractivity contribution is 5.75. The molecule has 1 aromatic heterocycles. The zero-order valence-corrected chi connectivity index (χ0v) is 8.26. The molecular weight excluding hydrogens is 247 g/mol. The first kappa shape index (κ1) is 13.5. The van der Waals surface area contributed by atoms with Gasteiger partial charge in [-0.1, -0.05) is 0 Å². The lowest BCUT2D eigenvalue weighted by Gasteiger charge is -2.17. The highest BCUT2D eigenvalue weighted by atomic mass is 19.4. The summed E-state index contributed by atoms with van der Waals surface area (Å²) < 4.78 is 63.1. The number of nitrogens with zero attached hydrogens (tertiary/aromatic N) is 1. The van der Waals surface area contributed by atoms with E-state index in [0.29, 0.717) is 6.20 Å². The third-order valence-corrected chi connectivity index (χ3v) is 2.06.